The number of fused-ring (bicyclic) bond motifs is 1. The standard InChI is InChI=1S/C14H13ClN4S/c1-9-4-3-5-10(16-9)8-19(2)12-11-6-7-20-13(11)18-14(15)17-12/h3-7H,8H2,1-2H3. The summed E-state index contributed by atoms with van der Waals surface area (Å²) in [5.41, 5.74) is 2.02. The highest BCUT2D eigenvalue weighted by Crippen LogP contribution is 2.29. The van der Waals surface area contributed by atoms with Gasteiger partial charge in [-0.2, -0.15) is 4.98 Å². The monoisotopic (exact) mass is 304 g/mol. The van der Waals surface area contributed by atoms with E-state index in [1.165, 1.54) is 0 Å². The second kappa shape index (κ2) is 5.34. The molecule has 0 N–H and O–H groups in total. The van der Waals surface area contributed by atoms with Crippen molar-refractivity contribution in [1.82, 2.24) is 15.0 Å². The van der Waals surface area contributed by atoms with Crippen LogP contribution in [-0.2, 0) is 6.54 Å². The van der Waals surface area contributed by atoms with Crippen LogP contribution in [0.1, 0.15) is 11.4 Å². The molecule has 3 aromatic rings. The molecule has 0 aromatic carbocycles. The fourth-order valence-electron chi connectivity index (χ4n) is 2.11. The molecular formula is C14H13ClN4S. The fourth-order valence-corrected chi connectivity index (χ4v) is 3.08. The average molecular weight is 305 g/mol. The van der Waals surface area contributed by atoms with Gasteiger partial charge in [-0.25, -0.2) is 4.98 Å². The number of aryl methyl sites for hydroxylation is 1. The number of pyridine rings is 1. The summed E-state index contributed by atoms with van der Waals surface area (Å²) < 4.78 is 0. The van der Waals surface area contributed by atoms with Crippen molar-refractivity contribution < 1.29 is 0 Å². The molecule has 3 heterocycles. The van der Waals surface area contributed by atoms with Gasteiger partial charge in [0.05, 0.1) is 17.6 Å². The molecule has 0 aliphatic heterocycles. The zero-order valence-corrected chi connectivity index (χ0v) is 12.7. The zero-order chi connectivity index (χ0) is 14.1. The van der Waals surface area contributed by atoms with E-state index < -0.39 is 0 Å². The first-order chi connectivity index (χ1) is 9.63. The molecule has 0 atom stereocenters. The van der Waals surface area contributed by atoms with Crippen LogP contribution < -0.4 is 4.90 Å². The summed E-state index contributed by atoms with van der Waals surface area (Å²) in [6.07, 6.45) is 0. The first-order valence-electron chi connectivity index (χ1n) is 6.18. The van der Waals surface area contributed by atoms with Gasteiger partial charge in [-0.05, 0) is 42.1 Å². The van der Waals surface area contributed by atoms with Crippen molar-refractivity contribution in [2.75, 3.05) is 11.9 Å². The maximum atomic E-state index is 6.00. The summed E-state index contributed by atoms with van der Waals surface area (Å²) in [7, 11) is 1.99. The van der Waals surface area contributed by atoms with Crippen molar-refractivity contribution >= 4 is 39.0 Å². The molecule has 0 amide bonds. The van der Waals surface area contributed by atoms with Crippen LogP contribution in [0.3, 0.4) is 0 Å². The molecule has 102 valence electrons. The Hall–Kier alpha value is -1.72. The highest BCUT2D eigenvalue weighted by Gasteiger charge is 2.12. The Balaban J connectivity index is 1.96. The van der Waals surface area contributed by atoms with E-state index in [4.69, 9.17) is 11.6 Å². The van der Waals surface area contributed by atoms with E-state index in [1.807, 2.05) is 48.5 Å². The van der Waals surface area contributed by atoms with E-state index in [-0.39, 0.29) is 5.28 Å². The number of aromatic nitrogens is 3. The van der Waals surface area contributed by atoms with Gasteiger partial charge in [0.15, 0.2) is 0 Å². The summed E-state index contributed by atoms with van der Waals surface area (Å²) in [5.74, 6) is 0.838. The number of hydrogen-bond donors (Lipinski definition) is 0. The van der Waals surface area contributed by atoms with Crippen LogP contribution in [0.25, 0.3) is 10.2 Å². The first kappa shape index (κ1) is 13.3. The van der Waals surface area contributed by atoms with Crippen LogP contribution in [0.4, 0.5) is 5.82 Å². The molecule has 0 spiro atoms. The third-order valence-corrected chi connectivity index (χ3v) is 3.96. The molecule has 0 saturated heterocycles. The normalized spacial score (nSPS) is 10.9. The molecular weight excluding hydrogens is 292 g/mol. The molecule has 6 heteroatoms. The molecule has 0 unspecified atom stereocenters. The number of nitrogens with zero attached hydrogens (tertiary/aromatic N) is 4. The quantitative estimate of drug-likeness (QED) is 0.692. The van der Waals surface area contributed by atoms with E-state index in [2.05, 4.69) is 15.0 Å². The molecule has 20 heavy (non-hydrogen) atoms. The number of thiophene rings is 1. The second-order valence-corrected chi connectivity index (χ2v) is 5.81. The summed E-state index contributed by atoms with van der Waals surface area (Å²) in [4.78, 5) is 16.0. The summed E-state index contributed by atoms with van der Waals surface area (Å²) in [6, 6.07) is 8.03. The molecule has 0 radical (unpaired) electrons. The average Bonchev–Trinajstić information content (AvgIpc) is 2.85. The third kappa shape index (κ3) is 2.59. The Kier molecular flexibility index (Phi) is 3.54. The Bertz CT molecular complexity index is 756. The van der Waals surface area contributed by atoms with Crippen LogP contribution in [-0.4, -0.2) is 22.0 Å². The summed E-state index contributed by atoms with van der Waals surface area (Å²) in [5, 5.41) is 3.30. The van der Waals surface area contributed by atoms with Crippen LogP contribution in [0.5, 0.6) is 0 Å². The van der Waals surface area contributed by atoms with Crippen LogP contribution >= 0.6 is 22.9 Å². The predicted molar refractivity (Wildman–Crippen MR) is 83.5 cm³/mol. The van der Waals surface area contributed by atoms with Crippen LogP contribution in [0.15, 0.2) is 29.6 Å². The molecule has 3 aromatic heterocycles. The molecule has 0 saturated carbocycles. The van der Waals surface area contributed by atoms with Gasteiger partial charge in [0, 0.05) is 12.7 Å². The van der Waals surface area contributed by atoms with Crippen molar-refractivity contribution in [3.05, 3.63) is 46.3 Å². The molecule has 0 bridgehead atoms. The number of halogens is 1. The van der Waals surface area contributed by atoms with Crippen LogP contribution in [0, 0.1) is 6.92 Å². The molecule has 3 rings (SSSR count). The SMILES string of the molecule is Cc1cccc(CN(C)c2nc(Cl)nc3sccc23)n1. The molecule has 0 aliphatic rings. The van der Waals surface area contributed by atoms with Gasteiger partial charge in [-0.3, -0.25) is 4.98 Å². The largest absolute Gasteiger partial charge is 0.353 e. The van der Waals surface area contributed by atoms with E-state index in [9.17, 15) is 0 Å². The van der Waals surface area contributed by atoms with Gasteiger partial charge in [-0.15, -0.1) is 11.3 Å². The number of anilines is 1. The third-order valence-electron chi connectivity index (χ3n) is 2.98. The molecule has 4 nitrogen and oxygen atoms in total. The summed E-state index contributed by atoms with van der Waals surface area (Å²) in [6.45, 7) is 2.67. The zero-order valence-electron chi connectivity index (χ0n) is 11.2. The highest BCUT2D eigenvalue weighted by atomic mass is 35.5. The molecule has 0 fully saturated rings. The van der Waals surface area contributed by atoms with E-state index in [1.54, 1.807) is 11.3 Å². The Labute approximate surface area is 126 Å². The minimum Gasteiger partial charge on any atom is -0.353 e. The lowest BCUT2D eigenvalue weighted by molar-refractivity contribution is 0.862. The Morgan fingerprint density at radius 2 is 2.05 bits per heavy atom. The van der Waals surface area contributed by atoms with Gasteiger partial charge >= 0.3 is 0 Å². The second-order valence-electron chi connectivity index (χ2n) is 4.58. The van der Waals surface area contributed by atoms with Crippen LogP contribution in [0.2, 0.25) is 5.28 Å². The lowest BCUT2D eigenvalue weighted by Gasteiger charge is -2.18. The van der Waals surface area contributed by atoms with E-state index >= 15 is 0 Å². The minimum absolute atomic E-state index is 0.277. The van der Waals surface area contributed by atoms with Gasteiger partial charge < -0.3 is 4.90 Å². The van der Waals surface area contributed by atoms with Crippen molar-refractivity contribution in [3.63, 3.8) is 0 Å². The van der Waals surface area contributed by atoms with E-state index in [0.717, 1.165) is 27.4 Å². The number of hydrogen-bond acceptors (Lipinski definition) is 5. The fraction of sp³-hybridized carbons (Fsp3) is 0.214. The lowest BCUT2D eigenvalue weighted by atomic mass is 10.3. The topological polar surface area (TPSA) is 41.9 Å². The maximum absolute atomic E-state index is 6.00. The van der Waals surface area contributed by atoms with Gasteiger partial charge in [0.1, 0.15) is 10.6 Å². The van der Waals surface area contributed by atoms with E-state index in [0.29, 0.717) is 6.54 Å². The van der Waals surface area contributed by atoms with Gasteiger partial charge in [0.25, 0.3) is 0 Å². The highest BCUT2D eigenvalue weighted by molar-refractivity contribution is 7.16. The maximum Gasteiger partial charge on any atom is 0.225 e. The first-order valence-corrected chi connectivity index (χ1v) is 7.43. The van der Waals surface area contributed by atoms with Crippen molar-refractivity contribution in [1.29, 1.82) is 0 Å². The van der Waals surface area contributed by atoms with Gasteiger partial charge in [-0.1, -0.05) is 6.07 Å². The van der Waals surface area contributed by atoms with Gasteiger partial charge in [0.2, 0.25) is 5.28 Å². The lowest BCUT2D eigenvalue weighted by Crippen LogP contribution is -2.19. The van der Waals surface area contributed by atoms with Crippen molar-refractivity contribution in [2.24, 2.45) is 0 Å². The molecule has 0 aliphatic carbocycles. The predicted octanol–water partition coefficient (Wildman–Crippen LogP) is 3.68. The number of rotatable bonds is 3. The Morgan fingerprint density at radius 3 is 2.85 bits per heavy atom. The summed E-state index contributed by atoms with van der Waals surface area (Å²) >= 11 is 7.56. The van der Waals surface area contributed by atoms with Crippen molar-refractivity contribution in [3.8, 4) is 0 Å². The Morgan fingerprint density at radius 1 is 1.20 bits per heavy atom. The smallest absolute Gasteiger partial charge is 0.225 e. The van der Waals surface area contributed by atoms with Crippen molar-refractivity contribution in [2.45, 2.75) is 13.5 Å². The minimum atomic E-state index is 0.277.